The highest BCUT2D eigenvalue weighted by atomic mass is 16.5. The second kappa shape index (κ2) is 6.06. The lowest BCUT2D eigenvalue weighted by molar-refractivity contribution is -0.00626. The maximum atomic E-state index is 5.66. The van der Waals surface area contributed by atoms with E-state index in [0.29, 0.717) is 6.61 Å². The van der Waals surface area contributed by atoms with Crippen molar-refractivity contribution in [3.05, 3.63) is 17.6 Å². The molecule has 0 bridgehead atoms. The van der Waals surface area contributed by atoms with Crippen LogP contribution in [-0.2, 0) is 22.3 Å². The first-order valence-corrected chi connectivity index (χ1v) is 7.52. The number of nitrogens with one attached hydrogen (secondary N) is 1. The van der Waals surface area contributed by atoms with Crippen molar-refractivity contribution in [2.75, 3.05) is 32.2 Å². The molecule has 1 aliphatic carbocycles. The third-order valence-corrected chi connectivity index (χ3v) is 4.45. The van der Waals surface area contributed by atoms with Crippen molar-refractivity contribution in [1.29, 1.82) is 0 Å². The molecule has 110 valence electrons. The third kappa shape index (κ3) is 2.79. The van der Waals surface area contributed by atoms with Gasteiger partial charge in [-0.25, -0.2) is 9.97 Å². The highest BCUT2D eigenvalue weighted by Crippen LogP contribution is 2.26. The van der Waals surface area contributed by atoms with Gasteiger partial charge < -0.3 is 14.8 Å². The fourth-order valence-electron chi connectivity index (χ4n) is 3.06. The van der Waals surface area contributed by atoms with Crippen molar-refractivity contribution in [2.24, 2.45) is 0 Å². The summed E-state index contributed by atoms with van der Waals surface area (Å²) in [6.07, 6.45) is 8.51. The van der Waals surface area contributed by atoms with Crippen LogP contribution in [0.5, 0.6) is 0 Å². The van der Waals surface area contributed by atoms with Gasteiger partial charge in [0.25, 0.3) is 0 Å². The van der Waals surface area contributed by atoms with Gasteiger partial charge in [-0.15, -0.1) is 0 Å². The van der Waals surface area contributed by atoms with E-state index in [1.165, 1.54) is 30.5 Å². The van der Waals surface area contributed by atoms with E-state index in [1.807, 2.05) is 0 Å². The summed E-state index contributed by atoms with van der Waals surface area (Å²) in [6.45, 7) is 2.17. The van der Waals surface area contributed by atoms with Crippen LogP contribution < -0.4 is 5.32 Å². The van der Waals surface area contributed by atoms with Crippen LogP contribution >= 0.6 is 0 Å². The van der Waals surface area contributed by atoms with Gasteiger partial charge in [-0.05, 0) is 25.7 Å². The van der Waals surface area contributed by atoms with E-state index >= 15 is 0 Å². The van der Waals surface area contributed by atoms with Gasteiger partial charge in [0.15, 0.2) is 0 Å². The van der Waals surface area contributed by atoms with Gasteiger partial charge in [0.2, 0.25) is 0 Å². The summed E-state index contributed by atoms with van der Waals surface area (Å²) in [5.74, 6) is 0.986. The van der Waals surface area contributed by atoms with Gasteiger partial charge in [-0.1, -0.05) is 6.42 Å². The molecule has 0 amide bonds. The first kappa shape index (κ1) is 13.8. The molecule has 5 heteroatoms. The number of ether oxygens (including phenoxy) is 2. The molecule has 5 nitrogen and oxygen atoms in total. The SMILES string of the molecule is COC1(CNc2ncnc3c2CCCCC3)CCOC1. The summed E-state index contributed by atoms with van der Waals surface area (Å²) in [4.78, 5) is 8.89. The fourth-order valence-corrected chi connectivity index (χ4v) is 3.06. The fraction of sp³-hybridized carbons (Fsp3) is 0.733. The van der Waals surface area contributed by atoms with Crippen molar-refractivity contribution in [2.45, 2.75) is 44.1 Å². The van der Waals surface area contributed by atoms with E-state index in [2.05, 4.69) is 15.3 Å². The van der Waals surface area contributed by atoms with E-state index in [0.717, 1.165) is 38.2 Å². The molecule has 0 saturated carbocycles. The minimum atomic E-state index is -0.206. The third-order valence-electron chi connectivity index (χ3n) is 4.45. The van der Waals surface area contributed by atoms with Crippen LogP contribution in [0.2, 0.25) is 0 Å². The molecule has 0 spiro atoms. The van der Waals surface area contributed by atoms with Crippen molar-refractivity contribution >= 4 is 5.82 Å². The van der Waals surface area contributed by atoms with Crippen molar-refractivity contribution in [3.8, 4) is 0 Å². The zero-order valence-corrected chi connectivity index (χ0v) is 12.2. The average molecular weight is 277 g/mol. The monoisotopic (exact) mass is 277 g/mol. The molecule has 2 heterocycles. The summed E-state index contributed by atoms with van der Waals surface area (Å²) >= 11 is 0. The summed E-state index contributed by atoms with van der Waals surface area (Å²) in [6, 6.07) is 0. The van der Waals surface area contributed by atoms with E-state index < -0.39 is 0 Å². The van der Waals surface area contributed by atoms with E-state index in [1.54, 1.807) is 13.4 Å². The van der Waals surface area contributed by atoms with E-state index in [-0.39, 0.29) is 5.60 Å². The Hall–Kier alpha value is -1.20. The molecule has 20 heavy (non-hydrogen) atoms. The Balaban J connectivity index is 1.74. The zero-order valence-electron chi connectivity index (χ0n) is 12.2. The number of rotatable bonds is 4. The Morgan fingerprint density at radius 3 is 3.00 bits per heavy atom. The van der Waals surface area contributed by atoms with Gasteiger partial charge in [-0.2, -0.15) is 0 Å². The predicted octanol–water partition coefficient (Wildman–Crippen LogP) is 1.96. The number of aromatic nitrogens is 2. The number of hydrogen-bond acceptors (Lipinski definition) is 5. The lowest BCUT2D eigenvalue weighted by Crippen LogP contribution is -2.40. The Bertz CT molecular complexity index is 458. The lowest BCUT2D eigenvalue weighted by atomic mass is 10.0. The predicted molar refractivity (Wildman–Crippen MR) is 77.0 cm³/mol. The number of hydrogen-bond donors (Lipinski definition) is 1. The maximum Gasteiger partial charge on any atom is 0.132 e. The molecule has 1 aliphatic heterocycles. The summed E-state index contributed by atoms with van der Waals surface area (Å²) in [5.41, 5.74) is 2.31. The van der Waals surface area contributed by atoms with Gasteiger partial charge in [-0.3, -0.25) is 0 Å². The normalized spacial score (nSPS) is 26.1. The molecular weight excluding hydrogens is 254 g/mol. The minimum absolute atomic E-state index is 0.206. The van der Waals surface area contributed by atoms with Gasteiger partial charge in [0.05, 0.1) is 6.61 Å². The number of fused-ring (bicyclic) bond motifs is 1. The molecule has 1 unspecified atom stereocenters. The van der Waals surface area contributed by atoms with Gasteiger partial charge >= 0.3 is 0 Å². The molecule has 1 aromatic heterocycles. The van der Waals surface area contributed by atoms with Crippen LogP contribution in [0.15, 0.2) is 6.33 Å². The second-order valence-corrected chi connectivity index (χ2v) is 5.75. The number of aryl methyl sites for hydroxylation is 1. The number of methoxy groups -OCH3 is 1. The molecule has 0 aromatic carbocycles. The molecular formula is C15H23N3O2. The first-order chi connectivity index (χ1) is 9.83. The highest BCUT2D eigenvalue weighted by molar-refractivity contribution is 5.46. The van der Waals surface area contributed by atoms with Crippen molar-refractivity contribution < 1.29 is 9.47 Å². The number of nitrogens with zero attached hydrogens (tertiary/aromatic N) is 2. The topological polar surface area (TPSA) is 56.3 Å². The van der Waals surface area contributed by atoms with E-state index in [4.69, 9.17) is 9.47 Å². The lowest BCUT2D eigenvalue weighted by Gasteiger charge is -2.26. The largest absolute Gasteiger partial charge is 0.378 e. The van der Waals surface area contributed by atoms with Crippen LogP contribution in [0.3, 0.4) is 0 Å². The van der Waals surface area contributed by atoms with Gasteiger partial charge in [0.1, 0.15) is 17.7 Å². The number of anilines is 1. The minimum Gasteiger partial charge on any atom is -0.378 e. The molecule has 1 aromatic rings. The molecule has 1 fully saturated rings. The molecule has 3 rings (SSSR count). The Labute approximate surface area is 120 Å². The maximum absolute atomic E-state index is 5.66. The summed E-state index contributed by atoms with van der Waals surface area (Å²) in [7, 11) is 1.76. The summed E-state index contributed by atoms with van der Waals surface area (Å²) in [5, 5.41) is 3.48. The smallest absolute Gasteiger partial charge is 0.132 e. The van der Waals surface area contributed by atoms with E-state index in [9.17, 15) is 0 Å². The molecule has 1 atom stereocenters. The highest BCUT2D eigenvalue weighted by Gasteiger charge is 2.35. The quantitative estimate of drug-likeness (QED) is 0.853. The van der Waals surface area contributed by atoms with Crippen molar-refractivity contribution in [3.63, 3.8) is 0 Å². The van der Waals surface area contributed by atoms with Crippen LogP contribution in [0.4, 0.5) is 5.82 Å². The van der Waals surface area contributed by atoms with Crippen molar-refractivity contribution in [1.82, 2.24) is 9.97 Å². The Morgan fingerprint density at radius 1 is 1.30 bits per heavy atom. The zero-order chi connectivity index (χ0) is 13.8. The molecule has 1 saturated heterocycles. The standard InChI is InChI=1S/C15H23N3O2/c1-19-15(7-8-20-10-15)9-16-14-12-5-3-2-4-6-13(12)17-11-18-14/h11H,2-10H2,1H3,(H,16,17,18). The van der Waals surface area contributed by atoms with Crippen LogP contribution in [-0.4, -0.2) is 42.4 Å². The van der Waals surface area contributed by atoms with Crippen LogP contribution in [0.1, 0.15) is 36.9 Å². The molecule has 0 radical (unpaired) electrons. The van der Waals surface area contributed by atoms with Crippen LogP contribution in [0.25, 0.3) is 0 Å². The van der Waals surface area contributed by atoms with Crippen LogP contribution in [0, 0.1) is 0 Å². The average Bonchev–Trinajstić information content (AvgIpc) is 2.82. The first-order valence-electron chi connectivity index (χ1n) is 7.52. The summed E-state index contributed by atoms with van der Waals surface area (Å²) < 4.78 is 11.1. The second-order valence-electron chi connectivity index (χ2n) is 5.75. The van der Waals surface area contributed by atoms with Gasteiger partial charge in [0, 0.05) is 37.9 Å². The molecule has 1 N–H and O–H groups in total. The Kier molecular flexibility index (Phi) is 4.17. The Morgan fingerprint density at radius 2 is 2.20 bits per heavy atom. The molecule has 2 aliphatic rings.